The number of ether oxygens (including phenoxy) is 1. The lowest BCUT2D eigenvalue weighted by atomic mass is 10.2. The molecule has 0 aliphatic carbocycles. The molecule has 3 aromatic carbocycles. The van der Waals surface area contributed by atoms with Crippen molar-refractivity contribution in [1.82, 2.24) is 4.90 Å². The molecule has 0 bridgehead atoms. The molecule has 1 fully saturated rings. The van der Waals surface area contributed by atoms with Gasteiger partial charge in [0, 0.05) is 36.9 Å². The molecule has 0 radical (unpaired) electrons. The predicted octanol–water partition coefficient (Wildman–Crippen LogP) is 4.25. The van der Waals surface area contributed by atoms with Crippen LogP contribution in [0.25, 0.3) is 0 Å². The summed E-state index contributed by atoms with van der Waals surface area (Å²) in [6.07, 6.45) is 1.10. The summed E-state index contributed by atoms with van der Waals surface area (Å²) in [7, 11) is -3.66. The van der Waals surface area contributed by atoms with Gasteiger partial charge in [-0.25, -0.2) is 8.42 Å². The molecule has 1 aliphatic heterocycles. The summed E-state index contributed by atoms with van der Waals surface area (Å²) in [5.74, 6) is 1.02. The van der Waals surface area contributed by atoms with Crippen molar-refractivity contribution in [1.29, 1.82) is 0 Å². The van der Waals surface area contributed by atoms with Gasteiger partial charge < -0.3 is 14.5 Å². The molecule has 178 valence electrons. The van der Waals surface area contributed by atoms with Crippen LogP contribution in [0.5, 0.6) is 11.5 Å². The van der Waals surface area contributed by atoms with Gasteiger partial charge in [-0.05, 0) is 54.6 Å². The second kappa shape index (κ2) is 10.4. The fourth-order valence-electron chi connectivity index (χ4n) is 3.81. The summed E-state index contributed by atoms with van der Waals surface area (Å²) in [5, 5.41) is 0.667. The highest BCUT2D eigenvalue weighted by Crippen LogP contribution is 2.26. The summed E-state index contributed by atoms with van der Waals surface area (Å²) in [5.41, 5.74) is 1.42. The van der Waals surface area contributed by atoms with E-state index in [4.69, 9.17) is 16.3 Å². The zero-order chi connectivity index (χ0) is 24.1. The molecule has 9 heteroatoms. The first-order valence-corrected chi connectivity index (χ1v) is 13.1. The molecular formula is C25H26ClN3O4S. The topological polar surface area (TPSA) is 70.2 Å². The molecule has 34 heavy (non-hydrogen) atoms. The van der Waals surface area contributed by atoms with Gasteiger partial charge in [0.2, 0.25) is 15.9 Å². The van der Waals surface area contributed by atoms with Gasteiger partial charge in [0.05, 0.1) is 11.9 Å². The first kappa shape index (κ1) is 23.9. The van der Waals surface area contributed by atoms with E-state index in [0.29, 0.717) is 48.4 Å². The smallest absolute Gasteiger partial charge is 0.243 e. The van der Waals surface area contributed by atoms with Crippen molar-refractivity contribution in [3.63, 3.8) is 0 Å². The van der Waals surface area contributed by atoms with E-state index in [1.54, 1.807) is 29.2 Å². The van der Waals surface area contributed by atoms with Gasteiger partial charge in [-0.3, -0.25) is 9.10 Å². The summed E-state index contributed by atoms with van der Waals surface area (Å²) in [6, 6.07) is 23.6. The largest absolute Gasteiger partial charge is 0.457 e. The highest BCUT2D eigenvalue weighted by molar-refractivity contribution is 7.92. The highest BCUT2D eigenvalue weighted by atomic mass is 35.5. The quantitative estimate of drug-likeness (QED) is 0.486. The fraction of sp³-hybridized carbons (Fsp3) is 0.240. The number of anilines is 2. The number of carbonyl (C=O) groups excluding carboxylic acids is 1. The molecule has 1 amide bonds. The minimum Gasteiger partial charge on any atom is -0.457 e. The monoisotopic (exact) mass is 499 g/mol. The molecule has 0 saturated carbocycles. The van der Waals surface area contributed by atoms with Gasteiger partial charge in [0.25, 0.3) is 0 Å². The fourth-order valence-corrected chi connectivity index (χ4v) is 4.85. The Morgan fingerprint density at radius 2 is 1.56 bits per heavy atom. The third kappa shape index (κ3) is 6.01. The molecule has 7 nitrogen and oxygen atoms in total. The molecular weight excluding hydrogens is 474 g/mol. The Hall–Kier alpha value is -3.23. The number of hydrogen-bond acceptors (Lipinski definition) is 5. The van der Waals surface area contributed by atoms with E-state index in [-0.39, 0.29) is 12.5 Å². The van der Waals surface area contributed by atoms with E-state index >= 15 is 0 Å². The number of rotatable bonds is 7. The Kier molecular flexibility index (Phi) is 7.29. The van der Waals surface area contributed by atoms with Crippen molar-refractivity contribution in [2.75, 3.05) is 48.2 Å². The third-order valence-corrected chi connectivity index (χ3v) is 6.96. The van der Waals surface area contributed by atoms with E-state index in [9.17, 15) is 13.2 Å². The van der Waals surface area contributed by atoms with Crippen LogP contribution >= 0.6 is 11.6 Å². The Bertz CT molecular complexity index is 1230. The lowest BCUT2D eigenvalue weighted by molar-refractivity contribution is -0.129. The van der Waals surface area contributed by atoms with E-state index < -0.39 is 10.0 Å². The van der Waals surface area contributed by atoms with Gasteiger partial charge in [-0.2, -0.15) is 0 Å². The molecule has 0 atom stereocenters. The Labute approximate surface area is 205 Å². The first-order chi connectivity index (χ1) is 16.3. The van der Waals surface area contributed by atoms with Crippen molar-refractivity contribution in [2.45, 2.75) is 0 Å². The Morgan fingerprint density at radius 3 is 2.18 bits per heavy atom. The van der Waals surface area contributed by atoms with Crippen molar-refractivity contribution in [2.24, 2.45) is 0 Å². The van der Waals surface area contributed by atoms with Crippen molar-refractivity contribution in [3.05, 3.63) is 83.9 Å². The van der Waals surface area contributed by atoms with Crippen LogP contribution < -0.4 is 13.9 Å². The number of nitrogens with zero attached hydrogens (tertiary/aromatic N) is 3. The minimum absolute atomic E-state index is 0.235. The van der Waals surface area contributed by atoms with Crippen molar-refractivity contribution < 1.29 is 17.9 Å². The normalized spacial score (nSPS) is 14.1. The molecule has 4 rings (SSSR count). The number of piperazine rings is 1. The predicted molar refractivity (Wildman–Crippen MR) is 135 cm³/mol. The number of sulfonamides is 1. The van der Waals surface area contributed by atoms with Gasteiger partial charge in [0.15, 0.2) is 0 Å². The lowest BCUT2D eigenvalue weighted by Gasteiger charge is -2.37. The summed E-state index contributed by atoms with van der Waals surface area (Å²) >= 11 is 6.09. The van der Waals surface area contributed by atoms with Gasteiger partial charge in [-0.15, -0.1) is 0 Å². The summed E-state index contributed by atoms with van der Waals surface area (Å²) in [4.78, 5) is 16.9. The number of carbonyl (C=O) groups is 1. The summed E-state index contributed by atoms with van der Waals surface area (Å²) < 4.78 is 31.9. The number of para-hydroxylation sites is 1. The molecule has 1 heterocycles. The maximum atomic E-state index is 13.0. The van der Waals surface area contributed by atoms with Crippen LogP contribution in [-0.4, -0.2) is 58.2 Å². The number of hydrogen-bond donors (Lipinski definition) is 0. The average Bonchev–Trinajstić information content (AvgIpc) is 2.83. The van der Waals surface area contributed by atoms with E-state index in [0.717, 1.165) is 16.2 Å². The molecule has 1 aliphatic rings. The highest BCUT2D eigenvalue weighted by Gasteiger charge is 2.26. The molecule has 3 aromatic rings. The minimum atomic E-state index is -3.66. The molecule has 1 saturated heterocycles. The number of benzene rings is 3. The molecule has 0 spiro atoms. The maximum Gasteiger partial charge on any atom is 0.243 e. The van der Waals surface area contributed by atoms with Gasteiger partial charge >= 0.3 is 0 Å². The molecule has 0 N–H and O–H groups in total. The van der Waals surface area contributed by atoms with Crippen LogP contribution in [0.4, 0.5) is 11.4 Å². The van der Waals surface area contributed by atoms with E-state index in [1.165, 1.54) is 0 Å². The SMILES string of the molecule is CS(=O)(=O)N(CC(=O)N1CCN(c2cccc(Cl)c2)CC1)c1ccc(Oc2ccccc2)cc1. The second-order valence-electron chi connectivity index (χ2n) is 8.03. The van der Waals surface area contributed by atoms with Gasteiger partial charge in [-0.1, -0.05) is 35.9 Å². The summed E-state index contributed by atoms with van der Waals surface area (Å²) in [6.45, 7) is 2.06. The van der Waals surface area contributed by atoms with Crippen molar-refractivity contribution in [3.8, 4) is 11.5 Å². The van der Waals surface area contributed by atoms with Crippen LogP contribution in [0.2, 0.25) is 5.02 Å². The van der Waals surface area contributed by atoms with Crippen LogP contribution in [0.15, 0.2) is 78.9 Å². The molecule has 0 unspecified atom stereocenters. The maximum absolute atomic E-state index is 13.0. The molecule has 0 aromatic heterocycles. The zero-order valence-corrected chi connectivity index (χ0v) is 20.4. The average molecular weight is 500 g/mol. The van der Waals surface area contributed by atoms with Crippen molar-refractivity contribution >= 4 is 38.9 Å². The third-order valence-electron chi connectivity index (χ3n) is 5.59. The zero-order valence-electron chi connectivity index (χ0n) is 18.8. The van der Waals surface area contributed by atoms with Crippen LogP contribution in [0.1, 0.15) is 0 Å². The van der Waals surface area contributed by atoms with Crippen LogP contribution in [-0.2, 0) is 14.8 Å². The first-order valence-electron chi connectivity index (χ1n) is 10.9. The van der Waals surface area contributed by atoms with E-state index in [2.05, 4.69) is 4.90 Å². The standard InChI is InChI=1S/C25H26ClN3O4S/c1-34(31,32)29(21-10-12-24(13-11-21)33-23-8-3-2-4-9-23)19-25(30)28-16-14-27(15-17-28)22-7-5-6-20(26)18-22/h2-13,18H,14-17,19H2,1H3. The second-order valence-corrected chi connectivity index (χ2v) is 10.4. The van der Waals surface area contributed by atoms with Gasteiger partial charge in [0.1, 0.15) is 18.0 Å². The Balaban J connectivity index is 1.40. The van der Waals surface area contributed by atoms with Crippen LogP contribution in [0, 0.1) is 0 Å². The Morgan fingerprint density at radius 1 is 0.912 bits per heavy atom. The van der Waals surface area contributed by atoms with E-state index in [1.807, 2.05) is 54.6 Å². The lowest BCUT2D eigenvalue weighted by Crippen LogP contribution is -2.52. The number of halogens is 1. The number of amides is 1. The van der Waals surface area contributed by atoms with Crippen LogP contribution in [0.3, 0.4) is 0 Å².